The first kappa shape index (κ1) is 15.7. The van der Waals surface area contributed by atoms with E-state index in [2.05, 4.69) is 0 Å². The Morgan fingerprint density at radius 3 is 2.41 bits per heavy atom. The zero-order chi connectivity index (χ0) is 16.3. The maximum Gasteiger partial charge on any atom is 0.416 e. The van der Waals surface area contributed by atoms with Crippen molar-refractivity contribution in [3.05, 3.63) is 52.3 Å². The van der Waals surface area contributed by atoms with Gasteiger partial charge in [-0.15, -0.1) is 0 Å². The minimum Gasteiger partial charge on any atom is -0.457 e. The van der Waals surface area contributed by atoms with Crippen molar-refractivity contribution >= 4 is 17.7 Å². The lowest BCUT2D eigenvalue weighted by atomic mass is 10.1. The van der Waals surface area contributed by atoms with Gasteiger partial charge in [-0.05, 0) is 30.3 Å². The zero-order valence-electron chi connectivity index (χ0n) is 10.8. The molecule has 2 rings (SSSR count). The number of nitriles is 2. The summed E-state index contributed by atoms with van der Waals surface area (Å²) in [5.41, 5.74) is -0.960. The van der Waals surface area contributed by atoms with Crippen LogP contribution >= 0.6 is 11.6 Å². The highest BCUT2D eigenvalue weighted by molar-refractivity contribution is 6.33. The van der Waals surface area contributed by atoms with Crippen LogP contribution in [0.3, 0.4) is 0 Å². The quantitative estimate of drug-likeness (QED) is 0.727. The number of hydrogen-bond acceptors (Lipinski definition) is 3. The van der Waals surface area contributed by atoms with Crippen LogP contribution in [0, 0.1) is 22.7 Å². The van der Waals surface area contributed by atoms with Crippen LogP contribution in [0.4, 0.5) is 13.2 Å². The Balaban J connectivity index is 2.46. The minimum absolute atomic E-state index is 0.0756. The number of allylic oxidation sites excluding steroid dienone is 1. The summed E-state index contributed by atoms with van der Waals surface area (Å²) in [6, 6.07) is 9.04. The summed E-state index contributed by atoms with van der Waals surface area (Å²) in [4.78, 5) is 0. The normalized spacial score (nSPS) is 10.6. The second-order valence-electron chi connectivity index (χ2n) is 4.18. The highest BCUT2D eigenvalue weighted by Crippen LogP contribution is 2.36. The van der Waals surface area contributed by atoms with Crippen LogP contribution in [0.1, 0.15) is 11.3 Å². The molecule has 0 radical (unpaired) electrons. The molecular weight excluding hydrogens is 317 g/mol. The van der Waals surface area contributed by atoms with Gasteiger partial charge in [0.05, 0.1) is 10.6 Å². The molecule has 0 fully saturated rings. The summed E-state index contributed by atoms with van der Waals surface area (Å²) in [6.07, 6.45) is -3.31. The third-order valence-electron chi connectivity index (χ3n) is 2.71. The van der Waals surface area contributed by atoms with Crippen LogP contribution in [-0.2, 0) is 6.18 Å². The predicted molar refractivity (Wildman–Crippen MR) is 73.4 cm³/mol. The summed E-state index contributed by atoms with van der Waals surface area (Å²) in [7, 11) is 0. The van der Waals surface area contributed by atoms with E-state index in [1.165, 1.54) is 18.2 Å². The van der Waals surface area contributed by atoms with E-state index in [1.807, 2.05) is 0 Å². The Bertz CT molecular complexity index is 807. The third-order valence-corrected chi connectivity index (χ3v) is 3.04. The molecule has 0 N–H and O–H groups in total. The van der Waals surface area contributed by atoms with E-state index in [9.17, 15) is 13.2 Å². The average molecular weight is 323 g/mol. The summed E-state index contributed by atoms with van der Waals surface area (Å²) < 4.78 is 43.5. The van der Waals surface area contributed by atoms with Crippen molar-refractivity contribution in [3.8, 4) is 23.5 Å². The molecular formula is C15H6ClF3N2O. The second kappa shape index (κ2) is 5.97. The molecule has 0 unspecified atom stereocenters. The molecule has 0 atom stereocenters. The van der Waals surface area contributed by atoms with Gasteiger partial charge in [-0.3, -0.25) is 0 Å². The van der Waals surface area contributed by atoms with Gasteiger partial charge in [0.2, 0.25) is 0 Å². The largest absolute Gasteiger partial charge is 0.457 e. The minimum atomic E-state index is -4.50. The van der Waals surface area contributed by atoms with E-state index in [0.29, 0.717) is 0 Å². The Kier molecular flexibility index (Phi) is 4.25. The van der Waals surface area contributed by atoms with Gasteiger partial charge in [0.25, 0.3) is 0 Å². The van der Waals surface area contributed by atoms with Gasteiger partial charge in [0.1, 0.15) is 29.2 Å². The Morgan fingerprint density at radius 2 is 1.82 bits per heavy atom. The van der Waals surface area contributed by atoms with E-state index in [-0.39, 0.29) is 27.7 Å². The van der Waals surface area contributed by atoms with Crippen LogP contribution in [0.25, 0.3) is 17.4 Å². The van der Waals surface area contributed by atoms with Crippen LogP contribution in [-0.4, -0.2) is 0 Å². The molecule has 3 nitrogen and oxygen atoms in total. The maximum atomic E-state index is 12.7. The van der Waals surface area contributed by atoms with Crippen molar-refractivity contribution in [2.45, 2.75) is 6.18 Å². The van der Waals surface area contributed by atoms with E-state index in [0.717, 1.165) is 18.2 Å². The highest BCUT2D eigenvalue weighted by Gasteiger charge is 2.31. The number of rotatable bonds is 2. The fourth-order valence-electron chi connectivity index (χ4n) is 1.70. The highest BCUT2D eigenvalue weighted by atomic mass is 35.5. The van der Waals surface area contributed by atoms with Gasteiger partial charge in [-0.25, -0.2) is 0 Å². The van der Waals surface area contributed by atoms with Gasteiger partial charge in [0.15, 0.2) is 0 Å². The van der Waals surface area contributed by atoms with Gasteiger partial charge in [0, 0.05) is 11.6 Å². The van der Waals surface area contributed by atoms with Crippen molar-refractivity contribution in [2.75, 3.05) is 0 Å². The molecule has 2 aromatic rings. The molecule has 1 aromatic carbocycles. The predicted octanol–water partition coefficient (Wildman–Crippen LogP) is 5.05. The van der Waals surface area contributed by atoms with Gasteiger partial charge in [-0.2, -0.15) is 23.7 Å². The topological polar surface area (TPSA) is 60.7 Å². The number of nitrogens with zero attached hydrogens (tertiary/aromatic N) is 2. The summed E-state index contributed by atoms with van der Waals surface area (Å²) in [5, 5.41) is 17.4. The smallest absolute Gasteiger partial charge is 0.416 e. The van der Waals surface area contributed by atoms with Gasteiger partial charge < -0.3 is 4.42 Å². The number of benzene rings is 1. The fourth-order valence-corrected chi connectivity index (χ4v) is 1.91. The average Bonchev–Trinajstić information content (AvgIpc) is 2.92. The summed E-state index contributed by atoms with van der Waals surface area (Å²) in [6.45, 7) is 0. The molecule has 0 bridgehead atoms. The maximum absolute atomic E-state index is 12.7. The standard InChI is InChI=1S/C15H6ClF3N2O/c16-13-3-1-10(15(17,18)19)6-12(13)14-4-2-11(22-14)5-9(7-20)8-21/h1-6H. The Labute approximate surface area is 128 Å². The van der Waals surface area contributed by atoms with Crippen LogP contribution in [0.2, 0.25) is 5.02 Å². The van der Waals surface area contributed by atoms with Gasteiger partial charge in [-0.1, -0.05) is 11.6 Å². The number of alkyl halides is 3. The van der Waals surface area contributed by atoms with Crippen LogP contribution in [0.5, 0.6) is 0 Å². The Hall–Kier alpha value is -2.70. The molecule has 1 aromatic heterocycles. The number of hydrogen-bond donors (Lipinski definition) is 0. The van der Waals surface area contributed by atoms with Crippen molar-refractivity contribution in [2.24, 2.45) is 0 Å². The molecule has 110 valence electrons. The van der Waals surface area contributed by atoms with Crippen molar-refractivity contribution in [1.29, 1.82) is 10.5 Å². The molecule has 0 saturated carbocycles. The van der Waals surface area contributed by atoms with E-state index >= 15 is 0 Å². The van der Waals surface area contributed by atoms with E-state index in [1.54, 1.807) is 12.1 Å². The first-order valence-corrected chi connectivity index (χ1v) is 6.22. The van der Waals surface area contributed by atoms with Crippen LogP contribution < -0.4 is 0 Å². The first-order chi connectivity index (χ1) is 10.3. The molecule has 1 heterocycles. The lowest BCUT2D eigenvalue weighted by Crippen LogP contribution is -2.04. The summed E-state index contributed by atoms with van der Waals surface area (Å²) >= 11 is 5.90. The number of furan rings is 1. The number of halogens is 4. The lowest BCUT2D eigenvalue weighted by molar-refractivity contribution is -0.137. The monoisotopic (exact) mass is 322 g/mol. The Morgan fingerprint density at radius 1 is 1.14 bits per heavy atom. The zero-order valence-corrected chi connectivity index (χ0v) is 11.5. The molecule has 0 aliphatic rings. The molecule has 0 spiro atoms. The fraction of sp³-hybridized carbons (Fsp3) is 0.0667. The van der Waals surface area contributed by atoms with Crippen LogP contribution in [0.15, 0.2) is 40.3 Å². The summed E-state index contributed by atoms with van der Waals surface area (Å²) in [5.74, 6) is 0.277. The molecule has 22 heavy (non-hydrogen) atoms. The third kappa shape index (κ3) is 3.30. The molecule has 0 saturated heterocycles. The van der Waals surface area contributed by atoms with Crippen molar-refractivity contribution < 1.29 is 17.6 Å². The SMILES string of the molecule is N#CC(C#N)=Cc1ccc(-c2cc(C(F)(F)F)ccc2Cl)o1. The first-order valence-electron chi connectivity index (χ1n) is 5.84. The lowest BCUT2D eigenvalue weighted by Gasteiger charge is -2.09. The molecule has 0 aliphatic carbocycles. The van der Waals surface area contributed by atoms with Gasteiger partial charge >= 0.3 is 6.18 Å². The van der Waals surface area contributed by atoms with Crippen molar-refractivity contribution in [1.82, 2.24) is 0 Å². The second-order valence-corrected chi connectivity index (χ2v) is 4.58. The van der Waals surface area contributed by atoms with E-state index in [4.69, 9.17) is 26.5 Å². The molecule has 0 amide bonds. The van der Waals surface area contributed by atoms with Crippen molar-refractivity contribution in [3.63, 3.8) is 0 Å². The molecule has 0 aliphatic heterocycles. The van der Waals surface area contributed by atoms with E-state index < -0.39 is 11.7 Å². The molecule has 7 heteroatoms.